The van der Waals surface area contributed by atoms with E-state index >= 15 is 0 Å². The van der Waals surface area contributed by atoms with Gasteiger partial charge in [-0.05, 0) is 6.92 Å². The van der Waals surface area contributed by atoms with E-state index in [2.05, 4.69) is 9.22 Å². The van der Waals surface area contributed by atoms with Crippen molar-refractivity contribution < 1.29 is 32.6 Å². The van der Waals surface area contributed by atoms with E-state index in [4.69, 9.17) is 10.2 Å². The number of hydrogen-bond acceptors (Lipinski definition) is 7. The number of hydrogen-bond donors (Lipinski definition) is 2. The Kier molecular flexibility index (Phi) is 4.99. The molecule has 8 heteroatoms. The topological polar surface area (TPSA) is 110 Å². The van der Waals surface area contributed by atoms with Crippen molar-refractivity contribution in [2.75, 3.05) is 5.75 Å². The fraction of sp³-hybridized carbons (Fsp3) is 0.833. The second kappa shape index (κ2) is 5.25. The predicted octanol–water partition coefficient (Wildman–Crippen LogP) is -1.45. The molecule has 0 amide bonds. The summed E-state index contributed by atoms with van der Waals surface area (Å²) in [4.78, 5) is 14.0. The van der Waals surface area contributed by atoms with E-state index in [1.807, 2.05) is 0 Å². The van der Waals surface area contributed by atoms with Crippen molar-refractivity contribution in [3.05, 3.63) is 0 Å². The molecule has 84 valence electrons. The van der Waals surface area contributed by atoms with Crippen LogP contribution < -0.4 is 0 Å². The van der Waals surface area contributed by atoms with Crippen LogP contribution in [0.5, 0.6) is 0 Å². The average molecular weight is 228 g/mol. The maximum atomic E-state index is 10.9. The summed E-state index contributed by atoms with van der Waals surface area (Å²) in [6, 6.07) is 0. The van der Waals surface area contributed by atoms with Crippen LogP contribution in [-0.4, -0.2) is 42.6 Å². The second-order valence-electron chi connectivity index (χ2n) is 2.68. The Bertz CT molecular complexity index is 281. The first kappa shape index (κ1) is 13.3. The van der Waals surface area contributed by atoms with E-state index < -0.39 is 34.0 Å². The van der Waals surface area contributed by atoms with Crippen LogP contribution >= 0.6 is 0 Å². The maximum absolute atomic E-state index is 10.9. The lowest BCUT2D eigenvalue weighted by Crippen LogP contribution is -2.31. The maximum Gasteiger partial charge on any atom is 0.340 e. The minimum atomic E-state index is -4.17. The molecule has 0 aliphatic carbocycles. The van der Waals surface area contributed by atoms with E-state index in [0.717, 1.165) is 6.92 Å². The molecule has 0 radical (unpaired) electrons. The highest BCUT2D eigenvalue weighted by atomic mass is 32.2. The Balaban J connectivity index is 4.15. The predicted molar refractivity (Wildman–Crippen MR) is 44.3 cm³/mol. The summed E-state index contributed by atoms with van der Waals surface area (Å²) < 4.78 is 25.5. The Labute approximate surface area is 81.3 Å². The SMILES string of the molecule is CC(=O)OOS(=O)(=O)CC(O)C(C)O. The van der Waals surface area contributed by atoms with Gasteiger partial charge in [-0.1, -0.05) is 4.33 Å². The Hall–Kier alpha value is -0.700. The molecule has 7 nitrogen and oxygen atoms in total. The Morgan fingerprint density at radius 2 is 1.93 bits per heavy atom. The van der Waals surface area contributed by atoms with E-state index in [1.54, 1.807) is 0 Å². The molecule has 0 saturated carbocycles. The van der Waals surface area contributed by atoms with Gasteiger partial charge in [0.15, 0.2) is 0 Å². The molecule has 0 aliphatic heterocycles. The minimum Gasteiger partial charge on any atom is -0.391 e. The summed E-state index contributed by atoms with van der Waals surface area (Å²) in [5.41, 5.74) is 0. The van der Waals surface area contributed by atoms with Crippen LogP contribution in [0.15, 0.2) is 0 Å². The van der Waals surface area contributed by atoms with Crippen LogP contribution in [0.25, 0.3) is 0 Å². The average Bonchev–Trinajstić information content (AvgIpc) is 2.00. The molecule has 0 aromatic carbocycles. The van der Waals surface area contributed by atoms with Crippen LogP contribution in [0, 0.1) is 0 Å². The molecular weight excluding hydrogens is 216 g/mol. The highest BCUT2D eigenvalue weighted by Gasteiger charge is 2.23. The van der Waals surface area contributed by atoms with Crippen molar-refractivity contribution in [1.29, 1.82) is 0 Å². The van der Waals surface area contributed by atoms with E-state index in [0.29, 0.717) is 0 Å². The van der Waals surface area contributed by atoms with Crippen LogP contribution in [0.2, 0.25) is 0 Å². The smallest absolute Gasteiger partial charge is 0.340 e. The van der Waals surface area contributed by atoms with Crippen LogP contribution in [-0.2, 0) is 24.1 Å². The highest BCUT2D eigenvalue weighted by Crippen LogP contribution is 2.01. The lowest BCUT2D eigenvalue weighted by molar-refractivity contribution is -0.208. The molecule has 0 spiro atoms. The van der Waals surface area contributed by atoms with Gasteiger partial charge in [-0.15, -0.1) is 0 Å². The summed E-state index contributed by atoms with van der Waals surface area (Å²) >= 11 is 0. The van der Waals surface area contributed by atoms with Gasteiger partial charge in [0, 0.05) is 6.92 Å². The molecule has 0 heterocycles. The van der Waals surface area contributed by atoms with Crippen LogP contribution in [0.3, 0.4) is 0 Å². The van der Waals surface area contributed by atoms with E-state index in [9.17, 15) is 13.2 Å². The van der Waals surface area contributed by atoms with Gasteiger partial charge in [-0.3, -0.25) is 4.89 Å². The standard InChI is InChI=1S/C6H12O7S/c1-4(7)6(9)3-14(10,11)13-12-5(2)8/h4,6-7,9H,3H2,1-2H3. The number of rotatable bonds is 5. The fourth-order valence-corrected chi connectivity index (χ4v) is 1.43. The van der Waals surface area contributed by atoms with Gasteiger partial charge >= 0.3 is 16.1 Å². The summed E-state index contributed by atoms with van der Waals surface area (Å²) in [6.45, 7) is 2.17. The minimum absolute atomic E-state index is 0.849. The largest absolute Gasteiger partial charge is 0.391 e. The number of aliphatic hydroxyl groups is 2. The lowest BCUT2D eigenvalue weighted by Gasteiger charge is -2.12. The van der Waals surface area contributed by atoms with Gasteiger partial charge in [0.25, 0.3) is 0 Å². The van der Waals surface area contributed by atoms with Crippen molar-refractivity contribution in [2.45, 2.75) is 26.1 Å². The molecular formula is C6H12O7S. The van der Waals surface area contributed by atoms with Gasteiger partial charge in [0.05, 0.1) is 12.2 Å². The van der Waals surface area contributed by atoms with Crippen molar-refractivity contribution in [1.82, 2.24) is 0 Å². The van der Waals surface area contributed by atoms with E-state index in [-0.39, 0.29) is 0 Å². The number of carbonyl (C=O) groups excluding carboxylic acids is 1. The molecule has 0 aliphatic rings. The summed E-state index contributed by atoms with van der Waals surface area (Å²) in [7, 11) is -4.17. The number of aliphatic hydroxyl groups excluding tert-OH is 2. The van der Waals surface area contributed by atoms with Gasteiger partial charge < -0.3 is 10.2 Å². The third-order valence-corrected chi connectivity index (χ3v) is 2.21. The zero-order valence-electron chi connectivity index (χ0n) is 7.71. The Morgan fingerprint density at radius 3 is 2.29 bits per heavy atom. The lowest BCUT2D eigenvalue weighted by atomic mass is 10.3. The molecule has 2 unspecified atom stereocenters. The zero-order chi connectivity index (χ0) is 11.4. The van der Waals surface area contributed by atoms with Crippen molar-refractivity contribution in [3.8, 4) is 0 Å². The number of carbonyl (C=O) groups is 1. The van der Waals surface area contributed by atoms with Gasteiger partial charge in [0.2, 0.25) is 0 Å². The summed E-state index contributed by atoms with van der Waals surface area (Å²) in [5, 5.41) is 17.8. The van der Waals surface area contributed by atoms with Crippen molar-refractivity contribution in [3.63, 3.8) is 0 Å². The first-order chi connectivity index (χ1) is 6.24. The molecule has 2 atom stereocenters. The molecule has 0 saturated heterocycles. The van der Waals surface area contributed by atoms with Crippen LogP contribution in [0.1, 0.15) is 13.8 Å². The highest BCUT2D eigenvalue weighted by molar-refractivity contribution is 7.86. The third kappa shape index (κ3) is 5.86. The second-order valence-corrected chi connectivity index (χ2v) is 4.26. The fourth-order valence-electron chi connectivity index (χ4n) is 0.476. The third-order valence-electron chi connectivity index (χ3n) is 1.19. The van der Waals surface area contributed by atoms with E-state index in [1.165, 1.54) is 6.92 Å². The molecule has 2 N–H and O–H groups in total. The summed E-state index contributed by atoms with van der Waals surface area (Å²) in [5.74, 6) is -1.78. The molecule has 0 aromatic rings. The van der Waals surface area contributed by atoms with Crippen LogP contribution in [0.4, 0.5) is 0 Å². The molecule has 0 rings (SSSR count). The monoisotopic (exact) mass is 228 g/mol. The van der Waals surface area contributed by atoms with Crippen molar-refractivity contribution in [2.24, 2.45) is 0 Å². The summed E-state index contributed by atoms with van der Waals surface area (Å²) in [6.07, 6.45) is -2.71. The van der Waals surface area contributed by atoms with Gasteiger partial charge in [-0.25, -0.2) is 4.79 Å². The Morgan fingerprint density at radius 1 is 1.43 bits per heavy atom. The first-order valence-electron chi connectivity index (χ1n) is 3.70. The molecule has 14 heavy (non-hydrogen) atoms. The molecule has 0 aromatic heterocycles. The van der Waals surface area contributed by atoms with Crippen molar-refractivity contribution >= 4 is 16.1 Å². The quantitative estimate of drug-likeness (QED) is 0.437. The molecule has 0 fully saturated rings. The first-order valence-corrected chi connectivity index (χ1v) is 5.28. The van der Waals surface area contributed by atoms with Gasteiger partial charge in [-0.2, -0.15) is 8.42 Å². The normalized spacial score (nSPS) is 16.0. The molecule has 0 bridgehead atoms. The van der Waals surface area contributed by atoms with Gasteiger partial charge in [0.1, 0.15) is 5.75 Å². The zero-order valence-corrected chi connectivity index (χ0v) is 8.52.